The summed E-state index contributed by atoms with van der Waals surface area (Å²) in [6, 6.07) is 6.29. The molecule has 1 fully saturated rings. The molecule has 0 spiro atoms. The minimum atomic E-state index is 0.0364. The predicted molar refractivity (Wildman–Crippen MR) is 71.2 cm³/mol. The van der Waals surface area contributed by atoms with Crippen molar-refractivity contribution in [1.29, 1.82) is 0 Å². The number of para-hydroxylation sites is 1. The molecule has 3 nitrogen and oxygen atoms in total. The zero-order valence-corrected chi connectivity index (χ0v) is 11.1. The Morgan fingerprint density at radius 3 is 2.94 bits per heavy atom. The molecule has 4 heteroatoms. The number of aromatic amines is 1. The first-order valence-electron chi connectivity index (χ1n) is 5.74. The van der Waals surface area contributed by atoms with Crippen molar-refractivity contribution in [2.24, 2.45) is 0 Å². The molecule has 0 atom stereocenters. The van der Waals surface area contributed by atoms with Gasteiger partial charge in [0.1, 0.15) is 0 Å². The van der Waals surface area contributed by atoms with Crippen molar-refractivity contribution in [3.8, 4) is 0 Å². The van der Waals surface area contributed by atoms with Crippen molar-refractivity contribution in [3.05, 3.63) is 33.9 Å². The lowest BCUT2D eigenvalue weighted by atomic mass is 10.1. The van der Waals surface area contributed by atoms with Crippen LogP contribution in [0.25, 0.3) is 10.9 Å². The lowest BCUT2D eigenvalue weighted by Crippen LogP contribution is -2.25. The molecule has 88 valence electrons. The monoisotopic (exact) mass is 292 g/mol. The van der Waals surface area contributed by atoms with Gasteiger partial charge >= 0.3 is 0 Å². The molecule has 1 saturated carbocycles. The third-order valence-electron chi connectivity index (χ3n) is 3.11. The van der Waals surface area contributed by atoms with Crippen LogP contribution in [0, 0.1) is 6.92 Å². The van der Waals surface area contributed by atoms with Gasteiger partial charge < -0.3 is 10.3 Å². The Kier molecular flexibility index (Phi) is 2.47. The predicted octanol–water partition coefficient (Wildman–Crippen LogP) is 3.13. The number of fused-ring (bicyclic) bond motifs is 1. The summed E-state index contributed by atoms with van der Waals surface area (Å²) in [4.78, 5) is 15.4. The van der Waals surface area contributed by atoms with Gasteiger partial charge in [-0.25, -0.2) is 0 Å². The maximum Gasteiger partial charge on any atom is 0.253 e. The first-order chi connectivity index (χ1) is 8.16. The Morgan fingerprint density at radius 2 is 2.24 bits per heavy atom. The maximum absolute atomic E-state index is 12.2. The van der Waals surface area contributed by atoms with Crippen LogP contribution in [-0.4, -0.2) is 16.9 Å². The summed E-state index contributed by atoms with van der Waals surface area (Å²) >= 11 is 3.49. The van der Waals surface area contributed by atoms with Gasteiger partial charge in [-0.2, -0.15) is 0 Å². The smallest absolute Gasteiger partial charge is 0.253 e. The van der Waals surface area contributed by atoms with E-state index in [9.17, 15) is 4.79 Å². The molecule has 1 aromatic heterocycles. The summed E-state index contributed by atoms with van der Waals surface area (Å²) in [6.45, 7) is 1.94. The Labute approximate surface area is 108 Å². The quantitative estimate of drug-likeness (QED) is 0.878. The third kappa shape index (κ3) is 1.86. The molecule has 2 N–H and O–H groups in total. The van der Waals surface area contributed by atoms with Crippen LogP contribution in [0.3, 0.4) is 0 Å². The van der Waals surface area contributed by atoms with Crippen molar-refractivity contribution in [3.63, 3.8) is 0 Å². The summed E-state index contributed by atoms with van der Waals surface area (Å²) < 4.78 is 0.989. The van der Waals surface area contributed by atoms with E-state index in [1.54, 1.807) is 0 Å². The number of benzene rings is 1. The van der Waals surface area contributed by atoms with E-state index in [4.69, 9.17) is 0 Å². The largest absolute Gasteiger partial charge is 0.357 e. The van der Waals surface area contributed by atoms with Gasteiger partial charge in [0.25, 0.3) is 5.91 Å². The molecule has 3 rings (SSSR count). The Balaban J connectivity index is 2.11. The molecule has 2 aromatic rings. The first kappa shape index (κ1) is 10.8. The summed E-state index contributed by atoms with van der Waals surface area (Å²) in [5, 5.41) is 4.02. The fourth-order valence-corrected chi connectivity index (χ4v) is 2.55. The fraction of sp³-hybridized carbons (Fsp3) is 0.308. The number of hydrogen-bond donors (Lipinski definition) is 2. The summed E-state index contributed by atoms with van der Waals surface area (Å²) in [6.07, 6.45) is 2.22. The van der Waals surface area contributed by atoms with Gasteiger partial charge in [0, 0.05) is 21.6 Å². The number of carbonyl (C=O) groups is 1. The Hall–Kier alpha value is -1.29. The van der Waals surface area contributed by atoms with Gasteiger partial charge in [-0.05, 0) is 41.8 Å². The molecule has 1 amide bonds. The summed E-state index contributed by atoms with van der Waals surface area (Å²) in [7, 11) is 0. The number of aromatic nitrogens is 1. The van der Waals surface area contributed by atoms with Gasteiger partial charge in [0.15, 0.2) is 0 Å². The number of amides is 1. The highest BCUT2D eigenvalue weighted by molar-refractivity contribution is 9.10. The van der Waals surface area contributed by atoms with Gasteiger partial charge in [0.2, 0.25) is 0 Å². The van der Waals surface area contributed by atoms with Crippen molar-refractivity contribution in [1.82, 2.24) is 10.3 Å². The number of aryl methyl sites for hydroxylation is 1. The normalized spacial score (nSPS) is 15.2. The van der Waals surface area contributed by atoms with E-state index in [-0.39, 0.29) is 5.91 Å². The topological polar surface area (TPSA) is 44.9 Å². The van der Waals surface area contributed by atoms with Crippen molar-refractivity contribution < 1.29 is 4.79 Å². The molecule has 0 saturated heterocycles. The fourth-order valence-electron chi connectivity index (χ4n) is 2.09. The van der Waals surface area contributed by atoms with E-state index in [1.807, 2.05) is 25.1 Å². The van der Waals surface area contributed by atoms with Crippen LogP contribution >= 0.6 is 15.9 Å². The highest BCUT2D eigenvalue weighted by Crippen LogP contribution is 2.29. The highest BCUT2D eigenvalue weighted by Gasteiger charge is 2.26. The van der Waals surface area contributed by atoms with Gasteiger partial charge in [0.05, 0.1) is 11.1 Å². The van der Waals surface area contributed by atoms with Crippen LogP contribution in [0.5, 0.6) is 0 Å². The summed E-state index contributed by atoms with van der Waals surface area (Å²) in [5.41, 5.74) is 2.68. The third-order valence-corrected chi connectivity index (χ3v) is 3.77. The zero-order chi connectivity index (χ0) is 12.0. The molecule has 1 aliphatic rings. The van der Waals surface area contributed by atoms with Gasteiger partial charge in [-0.3, -0.25) is 4.79 Å². The number of rotatable bonds is 2. The van der Waals surface area contributed by atoms with Crippen molar-refractivity contribution in [2.75, 3.05) is 0 Å². The maximum atomic E-state index is 12.2. The second-order valence-electron chi connectivity index (χ2n) is 4.54. The van der Waals surface area contributed by atoms with E-state index in [1.165, 1.54) is 0 Å². The van der Waals surface area contributed by atoms with Gasteiger partial charge in [-0.15, -0.1) is 0 Å². The number of carbonyl (C=O) groups excluding carboxylic acids is 1. The first-order valence-corrected chi connectivity index (χ1v) is 6.54. The lowest BCUT2D eigenvalue weighted by molar-refractivity contribution is 0.0952. The van der Waals surface area contributed by atoms with Crippen LogP contribution in [0.2, 0.25) is 0 Å². The second kappa shape index (κ2) is 3.88. The molecule has 1 aliphatic carbocycles. The molecule has 1 heterocycles. The van der Waals surface area contributed by atoms with Crippen LogP contribution in [-0.2, 0) is 0 Å². The number of halogens is 1. The second-order valence-corrected chi connectivity index (χ2v) is 5.39. The van der Waals surface area contributed by atoms with E-state index < -0.39 is 0 Å². The molecule has 17 heavy (non-hydrogen) atoms. The molecule has 0 unspecified atom stereocenters. The zero-order valence-electron chi connectivity index (χ0n) is 9.51. The minimum absolute atomic E-state index is 0.0364. The molecule has 0 bridgehead atoms. The van der Waals surface area contributed by atoms with E-state index >= 15 is 0 Å². The Morgan fingerprint density at radius 1 is 1.47 bits per heavy atom. The number of hydrogen-bond acceptors (Lipinski definition) is 1. The van der Waals surface area contributed by atoms with E-state index in [0.717, 1.165) is 39.5 Å². The average Bonchev–Trinajstić information content (AvgIpc) is 3.00. The average molecular weight is 293 g/mol. The van der Waals surface area contributed by atoms with Gasteiger partial charge in [-0.1, -0.05) is 12.1 Å². The molecule has 0 radical (unpaired) electrons. The SMILES string of the molecule is Cc1[nH]c2c(Br)cccc2c1C(=O)NC1CC1. The van der Waals surface area contributed by atoms with Crippen molar-refractivity contribution >= 4 is 32.7 Å². The lowest BCUT2D eigenvalue weighted by Gasteiger charge is -2.03. The van der Waals surface area contributed by atoms with Crippen LogP contribution in [0.1, 0.15) is 28.9 Å². The van der Waals surface area contributed by atoms with Crippen LogP contribution < -0.4 is 5.32 Å². The highest BCUT2D eigenvalue weighted by atomic mass is 79.9. The van der Waals surface area contributed by atoms with Crippen LogP contribution in [0.15, 0.2) is 22.7 Å². The summed E-state index contributed by atoms with van der Waals surface area (Å²) in [5.74, 6) is 0.0364. The van der Waals surface area contributed by atoms with Crippen LogP contribution in [0.4, 0.5) is 0 Å². The molecular weight excluding hydrogens is 280 g/mol. The van der Waals surface area contributed by atoms with Crippen molar-refractivity contribution in [2.45, 2.75) is 25.8 Å². The standard InChI is InChI=1S/C13H13BrN2O/c1-7-11(13(17)16-8-5-6-8)9-3-2-4-10(14)12(9)15-7/h2-4,8,15H,5-6H2,1H3,(H,16,17). The number of H-pyrrole nitrogens is 1. The molecule has 0 aliphatic heterocycles. The van der Waals surface area contributed by atoms with E-state index in [0.29, 0.717) is 6.04 Å². The minimum Gasteiger partial charge on any atom is -0.357 e. The number of nitrogens with one attached hydrogen (secondary N) is 2. The Bertz CT molecular complexity index is 599. The van der Waals surface area contributed by atoms with E-state index in [2.05, 4.69) is 26.2 Å². The molecule has 1 aromatic carbocycles. The molecular formula is C13H13BrN2O.